The summed E-state index contributed by atoms with van der Waals surface area (Å²) in [6.45, 7) is 3.94. The monoisotopic (exact) mass is 434 g/mol. The number of aromatic nitrogens is 2. The molecule has 0 saturated heterocycles. The number of benzene rings is 1. The van der Waals surface area contributed by atoms with Crippen molar-refractivity contribution in [3.05, 3.63) is 57.5 Å². The standard InChI is InChI=1S/C24H26N4O4/c1-2-32-24(30)19-11-28(15-3-4-15)22-17(23(19)29)6-5-16-18-10-27-21(26-8-7-25)9-14(18)12-31-13-20(16)22/h5-6,9-11,15H,2-4,7-8,12-13,25H2,1H3,(H,26,27). The van der Waals surface area contributed by atoms with Gasteiger partial charge in [-0.25, -0.2) is 9.78 Å². The van der Waals surface area contributed by atoms with Crippen LogP contribution in [0, 0.1) is 0 Å². The molecular weight excluding hydrogens is 408 g/mol. The Morgan fingerprint density at radius 3 is 2.91 bits per heavy atom. The van der Waals surface area contributed by atoms with Crippen molar-refractivity contribution in [3.63, 3.8) is 0 Å². The zero-order chi connectivity index (χ0) is 22.2. The second-order valence-electron chi connectivity index (χ2n) is 8.15. The van der Waals surface area contributed by atoms with Gasteiger partial charge in [0.2, 0.25) is 5.43 Å². The molecule has 3 heterocycles. The summed E-state index contributed by atoms with van der Waals surface area (Å²) in [7, 11) is 0. The van der Waals surface area contributed by atoms with Crippen LogP contribution >= 0.6 is 0 Å². The Bertz CT molecular complexity index is 1260. The lowest BCUT2D eigenvalue weighted by molar-refractivity contribution is 0.0524. The first kappa shape index (κ1) is 20.7. The van der Waals surface area contributed by atoms with E-state index < -0.39 is 5.97 Å². The molecule has 1 saturated carbocycles. The lowest BCUT2D eigenvalue weighted by Gasteiger charge is -2.18. The van der Waals surface area contributed by atoms with Gasteiger partial charge in [-0.3, -0.25) is 4.79 Å². The maximum Gasteiger partial charge on any atom is 0.343 e. The fourth-order valence-electron chi connectivity index (χ4n) is 4.33. The van der Waals surface area contributed by atoms with Crippen molar-refractivity contribution in [1.82, 2.24) is 9.55 Å². The first-order valence-corrected chi connectivity index (χ1v) is 11.0. The molecule has 0 spiro atoms. The number of anilines is 1. The van der Waals surface area contributed by atoms with Gasteiger partial charge in [-0.1, -0.05) is 6.07 Å². The highest BCUT2D eigenvalue weighted by atomic mass is 16.5. The highest BCUT2D eigenvalue weighted by Gasteiger charge is 2.30. The van der Waals surface area contributed by atoms with Crippen molar-refractivity contribution >= 4 is 22.7 Å². The van der Waals surface area contributed by atoms with Gasteiger partial charge in [0, 0.05) is 48.0 Å². The van der Waals surface area contributed by atoms with E-state index in [2.05, 4.69) is 14.9 Å². The van der Waals surface area contributed by atoms with E-state index in [-0.39, 0.29) is 23.6 Å². The summed E-state index contributed by atoms with van der Waals surface area (Å²) in [5.74, 6) is 0.183. The number of ether oxygens (including phenoxy) is 2. The number of nitrogens with two attached hydrogens (primary N) is 1. The second-order valence-corrected chi connectivity index (χ2v) is 8.15. The van der Waals surface area contributed by atoms with Gasteiger partial charge >= 0.3 is 5.97 Å². The largest absolute Gasteiger partial charge is 0.462 e. The van der Waals surface area contributed by atoms with Crippen LogP contribution < -0.4 is 16.5 Å². The number of carbonyl (C=O) groups is 1. The molecule has 2 aromatic heterocycles. The average molecular weight is 434 g/mol. The van der Waals surface area contributed by atoms with E-state index in [0.717, 1.165) is 46.4 Å². The van der Waals surface area contributed by atoms with E-state index in [1.165, 1.54) is 0 Å². The molecule has 0 unspecified atom stereocenters. The van der Waals surface area contributed by atoms with Gasteiger partial charge in [-0.05, 0) is 43.0 Å². The summed E-state index contributed by atoms with van der Waals surface area (Å²) >= 11 is 0. The molecule has 3 N–H and O–H groups in total. The molecule has 166 valence electrons. The quantitative estimate of drug-likeness (QED) is 0.574. The van der Waals surface area contributed by atoms with Gasteiger partial charge in [0.05, 0.1) is 25.3 Å². The topological polar surface area (TPSA) is 108 Å². The predicted octanol–water partition coefficient (Wildman–Crippen LogP) is 2.98. The Labute approximate surface area is 185 Å². The fraction of sp³-hybridized carbons (Fsp3) is 0.375. The summed E-state index contributed by atoms with van der Waals surface area (Å²) in [5.41, 5.74) is 10.2. The molecule has 0 radical (unpaired) electrons. The van der Waals surface area contributed by atoms with E-state index >= 15 is 0 Å². The van der Waals surface area contributed by atoms with Crippen LogP contribution in [0.5, 0.6) is 0 Å². The highest BCUT2D eigenvalue weighted by molar-refractivity contribution is 5.96. The fourth-order valence-corrected chi connectivity index (χ4v) is 4.33. The minimum atomic E-state index is -0.577. The van der Waals surface area contributed by atoms with Gasteiger partial charge in [-0.2, -0.15) is 0 Å². The molecule has 2 aliphatic rings. The number of pyridine rings is 2. The van der Waals surface area contributed by atoms with Gasteiger partial charge in [0.15, 0.2) is 0 Å². The van der Waals surface area contributed by atoms with Crippen LogP contribution in [0.2, 0.25) is 0 Å². The number of hydrogen-bond donors (Lipinski definition) is 2. The Balaban J connectivity index is 1.71. The first-order chi connectivity index (χ1) is 15.6. The third kappa shape index (κ3) is 3.55. The zero-order valence-electron chi connectivity index (χ0n) is 18.0. The van der Waals surface area contributed by atoms with Crippen molar-refractivity contribution in [1.29, 1.82) is 0 Å². The summed E-state index contributed by atoms with van der Waals surface area (Å²) in [6, 6.07) is 6.00. The van der Waals surface area contributed by atoms with Crippen LogP contribution in [-0.2, 0) is 22.7 Å². The molecule has 8 nitrogen and oxygen atoms in total. The summed E-state index contributed by atoms with van der Waals surface area (Å²) in [6.07, 6.45) is 5.54. The minimum Gasteiger partial charge on any atom is -0.462 e. The van der Waals surface area contributed by atoms with Gasteiger partial charge in [-0.15, -0.1) is 0 Å². The molecule has 1 aliphatic carbocycles. The van der Waals surface area contributed by atoms with Crippen molar-refractivity contribution < 1.29 is 14.3 Å². The number of rotatable bonds is 6. The minimum absolute atomic E-state index is 0.0819. The molecular formula is C24H26N4O4. The number of nitrogens with zero attached hydrogens (tertiary/aromatic N) is 2. The van der Waals surface area contributed by atoms with E-state index in [1.54, 1.807) is 13.1 Å². The molecule has 8 heteroatoms. The molecule has 1 aliphatic heterocycles. The number of nitrogens with one attached hydrogen (secondary N) is 1. The Morgan fingerprint density at radius 1 is 1.31 bits per heavy atom. The Kier molecular flexibility index (Phi) is 5.40. The average Bonchev–Trinajstić information content (AvgIpc) is 3.64. The lowest BCUT2D eigenvalue weighted by Crippen LogP contribution is -2.21. The maximum atomic E-state index is 13.2. The molecule has 1 fully saturated rings. The number of hydrogen-bond acceptors (Lipinski definition) is 7. The molecule has 0 amide bonds. The SMILES string of the molecule is CCOC(=O)c1cn(C2CC2)c2c3c(ccc2c1=O)-c1cnc(NCCN)cc1COC3. The van der Waals surface area contributed by atoms with Gasteiger partial charge in [0.1, 0.15) is 11.4 Å². The van der Waals surface area contributed by atoms with Crippen molar-refractivity contribution in [2.75, 3.05) is 25.0 Å². The molecule has 3 aromatic rings. The molecule has 0 atom stereocenters. The van der Waals surface area contributed by atoms with Crippen molar-refractivity contribution in [3.8, 4) is 11.1 Å². The number of carbonyl (C=O) groups excluding carboxylic acids is 1. The maximum absolute atomic E-state index is 13.2. The van der Waals surface area contributed by atoms with E-state index in [1.807, 2.05) is 24.4 Å². The van der Waals surface area contributed by atoms with E-state index in [4.69, 9.17) is 15.2 Å². The van der Waals surface area contributed by atoms with Crippen LogP contribution in [0.4, 0.5) is 5.82 Å². The lowest BCUT2D eigenvalue weighted by atomic mass is 9.95. The molecule has 1 aromatic carbocycles. The highest BCUT2D eigenvalue weighted by Crippen LogP contribution is 2.41. The Hall–Kier alpha value is -3.23. The second kappa shape index (κ2) is 8.37. The smallest absolute Gasteiger partial charge is 0.343 e. The van der Waals surface area contributed by atoms with Crippen molar-refractivity contribution in [2.45, 2.75) is 39.0 Å². The number of esters is 1. The van der Waals surface area contributed by atoms with Gasteiger partial charge in [0.25, 0.3) is 0 Å². The van der Waals surface area contributed by atoms with Gasteiger partial charge < -0.3 is 25.1 Å². The molecule has 32 heavy (non-hydrogen) atoms. The third-order valence-corrected chi connectivity index (χ3v) is 5.97. The van der Waals surface area contributed by atoms with E-state index in [9.17, 15) is 9.59 Å². The summed E-state index contributed by atoms with van der Waals surface area (Å²) in [5, 5.41) is 3.72. The summed E-state index contributed by atoms with van der Waals surface area (Å²) in [4.78, 5) is 30.2. The first-order valence-electron chi connectivity index (χ1n) is 11.0. The number of fused-ring (bicyclic) bond motifs is 5. The Morgan fingerprint density at radius 2 is 2.16 bits per heavy atom. The predicted molar refractivity (Wildman–Crippen MR) is 122 cm³/mol. The molecule has 5 rings (SSSR count). The van der Waals surface area contributed by atoms with Crippen LogP contribution in [-0.4, -0.2) is 35.2 Å². The summed E-state index contributed by atoms with van der Waals surface area (Å²) < 4.78 is 13.2. The molecule has 0 bridgehead atoms. The van der Waals surface area contributed by atoms with Crippen LogP contribution in [0.25, 0.3) is 22.0 Å². The third-order valence-electron chi connectivity index (χ3n) is 5.97. The zero-order valence-corrected chi connectivity index (χ0v) is 18.0. The normalized spacial score (nSPS) is 15.1. The van der Waals surface area contributed by atoms with E-state index in [0.29, 0.717) is 31.7 Å². The van der Waals surface area contributed by atoms with Crippen molar-refractivity contribution in [2.24, 2.45) is 5.73 Å². The van der Waals surface area contributed by atoms with Crippen LogP contribution in [0.15, 0.2) is 35.4 Å². The van der Waals surface area contributed by atoms with Crippen LogP contribution in [0.1, 0.15) is 47.3 Å². The van der Waals surface area contributed by atoms with Crippen LogP contribution in [0.3, 0.4) is 0 Å².